The van der Waals surface area contributed by atoms with Crippen LogP contribution < -0.4 is 4.74 Å². The minimum Gasteiger partial charge on any atom is -0.480 e. The minimum atomic E-state index is -0.501. The average molecular weight is 369 g/mol. The molecule has 0 aliphatic carbocycles. The van der Waals surface area contributed by atoms with Crippen LogP contribution in [-0.2, 0) is 9.53 Å². The van der Waals surface area contributed by atoms with Gasteiger partial charge in [0.1, 0.15) is 5.75 Å². The molecule has 26 heavy (non-hydrogen) atoms. The molecule has 1 aliphatic heterocycles. The number of hydrogen-bond donors (Lipinski definition) is 0. The zero-order valence-electron chi connectivity index (χ0n) is 14.4. The first-order valence-electron chi connectivity index (χ1n) is 8.25. The number of halogens is 1. The van der Waals surface area contributed by atoms with E-state index in [0.29, 0.717) is 10.8 Å². The lowest BCUT2D eigenvalue weighted by atomic mass is 10.1. The molecule has 0 amide bonds. The Labute approximate surface area is 156 Å². The van der Waals surface area contributed by atoms with Crippen LogP contribution in [0, 0.1) is 6.92 Å². The van der Waals surface area contributed by atoms with E-state index in [9.17, 15) is 4.79 Å². The first-order valence-corrected chi connectivity index (χ1v) is 8.62. The fraction of sp³-hybridized carbons (Fsp3) is 0.200. The van der Waals surface area contributed by atoms with Gasteiger partial charge in [0.25, 0.3) is 0 Å². The Morgan fingerprint density at radius 3 is 2.77 bits per heavy atom. The summed E-state index contributed by atoms with van der Waals surface area (Å²) in [5.41, 5.74) is 3.77. The number of methoxy groups -OCH3 is 1. The molecule has 0 fully saturated rings. The first kappa shape index (κ1) is 16.7. The molecule has 0 N–H and O–H groups in total. The number of carbonyl (C=O) groups excluding carboxylic acids is 1. The van der Waals surface area contributed by atoms with E-state index in [1.54, 1.807) is 0 Å². The second-order valence-corrected chi connectivity index (χ2v) is 6.66. The van der Waals surface area contributed by atoms with E-state index >= 15 is 0 Å². The Balaban J connectivity index is 1.83. The third kappa shape index (κ3) is 2.95. The molecule has 1 aromatic heterocycles. The zero-order valence-corrected chi connectivity index (χ0v) is 15.2. The van der Waals surface area contributed by atoms with Crippen molar-refractivity contribution in [3.05, 3.63) is 65.1 Å². The number of rotatable bonds is 3. The predicted molar refractivity (Wildman–Crippen MR) is 98.7 cm³/mol. The topological polar surface area (TPSA) is 53.4 Å². The smallest absolute Gasteiger partial charge is 0.309 e. The Hall–Kier alpha value is -2.79. The molecule has 0 unspecified atom stereocenters. The maximum atomic E-state index is 11.8. The van der Waals surface area contributed by atoms with Crippen LogP contribution in [0.4, 0.5) is 0 Å². The van der Waals surface area contributed by atoms with Gasteiger partial charge < -0.3 is 9.47 Å². The van der Waals surface area contributed by atoms with Gasteiger partial charge in [-0.05, 0) is 36.8 Å². The van der Waals surface area contributed by atoms with Crippen molar-refractivity contribution in [2.45, 2.75) is 19.4 Å². The van der Waals surface area contributed by atoms with Crippen LogP contribution in [0.5, 0.6) is 5.75 Å². The van der Waals surface area contributed by atoms with E-state index < -0.39 is 6.10 Å². The number of hydrogen-bond acceptors (Lipinski definition) is 4. The lowest BCUT2D eigenvalue weighted by molar-refractivity contribution is -0.142. The zero-order chi connectivity index (χ0) is 18.3. The molecule has 1 atom stereocenters. The molecule has 0 spiro atoms. The largest absolute Gasteiger partial charge is 0.480 e. The number of aryl methyl sites for hydroxylation is 1. The van der Waals surface area contributed by atoms with Gasteiger partial charge in [-0.25, -0.2) is 4.98 Å². The van der Waals surface area contributed by atoms with E-state index in [0.717, 1.165) is 28.3 Å². The number of ether oxygens (including phenoxy) is 2. The Bertz CT molecular complexity index is 979. The van der Waals surface area contributed by atoms with Gasteiger partial charge in [0.05, 0.1) is 24.9 Å². The summed E-state index contributed by atoms with van der Waals surface area (Å²) in [4.78, 5) is 16.6. The van der Waals surface area contributed by atoms with E-state index in [1.807, 2.05) is 60.2 Å². The van der Waals surface area contributed by atoms with Crippen molar-refractivity contribution in [3.63, 3.8) is 0 Å². The molecule has 0 radical (unpaired) electrons. The van der Waals surface area contributed by atoms with Crippen LogP contribution in [0.1, 0.15) is 23.9 Å². The highest BCUT2D eigenvalue weighted by atomic mass is 35.5. The molecule has 0 saturated heterocycles. The summed E-state index contributed by atoms with van der Waals surface area (Å²) in [7, 11) is 1.37. The molecule has 4 rings (SSSR count). The van der Waals surface area contributed by atoms with Crippen molar-refractivity contribution in [1.29, 1.82) is 0 Å². The van der Waals surface area contributed by atoms with Crippen LogP contribution in [0.25, 0.3) is 16.9 Å². The second kappa shape index (κ2) is 6.50. The molecular formula is C20H17ClN2O3. The van der Waals surface area contributed by atoms with Crippen molar-refractivity contribution in [3.8, 4) is 22.7 Å². The standard InChI is InChI=1S/C20H17ClN2O3/c1-12-3-8-17-16(9-12)23-11-15(13-4-6-14(21)7-5-13)22-20(23)18(26-17)10-19(24)25-2/h3-9,11,18H,10H2,1-2H3/t18-/m0/s1. The average Bonchev–Trinajstić information content (AvgIpc) is 3.08. The number of imidazole rings is 1. The highest BCUT2D eigenvalue weighted by molar-refractivity contribution is 6.30. The lowest BCUT2D eigenvalue weighted by Gasteiger charge is -2.26. The van der Waals surface area contributed by atoms with Crippen molar-refractivity contribution >= 4 is 17.6 Å². The number of carbonyl (C=O) groups is 1. The van der Waals surface area contributed by atoms with E-state index in [2.05, 4.69) is 0 Å². The molecule has 0 saturated carbocycles. The maximum Gasteiger partial charge on any atom is 0.309 e. The van der Waals surface area contributed by atoms with Crippen LogP contribution >= 0.6 is 11.6 Å². The molecule has 5 nitrogen and oxygen atoms in total. The molecule has 2 aromatic carbocycles. The maximum absolute atomic E-state index is 11.8. The van der Waals surface area contributed by atoms with E-state index in [4.69, 9.17) is 26.1 Å². The van der Waals surface area contributed by atoms with Crippen molar-refractivity contribution in [1.82, 2.24) is 9.55 Å². The van der Waals surface area contributed by atoms with Gasteiger partial charge in [-0.2, -0.15) is 0 Å². The normalized spacial score (nSPS) is 15.0. The lowest BCUT2D eigenvalue weighted by Crippen LogP contribution is -2.22. The Morgan fingerprint density at radius 2 is 2.04 bits per heavy atom. The number of benzene rings is 2. The third-order valence-corrected chi connectivity index (χ3v) is 4.64. The summed E-state index contributed by atoms with van der Waals surface area (Å²) < 4.78 is 12.8. The summed E-state index contributed by atoms with van der Waals surface area (Å²) in [5, 5.41) is 0.672. The van der Waals surface area contributed by atoms with Gasteiger partial charge in [-0.3, -0.25) is 9.36 Å². The van der Waals surface area contributed by atoms with E-state index in [-0.39, 0.29) is 12.4 Å². The van der Waals surface area contributed by atoms with Gasteiger partial charge in [0.15, 0.2) is 11.9 Å². The highest BCUT2D eigenvalue weighted by Gasteiger charge is 2.31. The molecule has 132 valence electrons. The van der Waals surface area contributed by atoms with Gasteiger partial charge in [0, 0.05) is 16.8 Å². The van der Waals surface area contributed by atoms with Gasteiger partial charge in [0.2, 0.25) is 0 Å². The Morgan fingerprint density at radius 1 is 1.27 bits per heavy atom. The number of nitrogens with zero attached hydrogens (tertiary/aromatic N) is 2. The van der Waals surface area contributed by atoms with Crippen LogP contribution in [-0.4, -0.2) is 22.6 Å². The number of aromatic nitrogens is 2. The van der Waals surface area contributed by atoms with Crippen molar-refractivity contribution in [2.75, 3.05) is 7.11 Å². The van der Waals surface area contributed by atoms with Crippen molar-refractivity contribution < 1.29 is 14.3 Å². The third-order valence-electron chi connectivity index (χ3n) is 4.38. The van der Waals surface area contributed by atoms with Crippen LogP contribution in [0.3, 0.4) is 0 Å². The fourth-order valence-corrected chi connectivity index (χ4v) is 3.19. The second-order valence-electron chi connectivity index (χ2n) is 6.22. The number of esters is 1. The summed E-state index contributed by atoms with van der Waals surface area (Å²) in [6, 6.07) is 13.4. The van der Waals surface area contributed by atoms with Gasteiger partial charge in [-0.1, -0.05) is 29.8 Å². The van der Waals surface area contributed by atoms with E-state index in [1.165, 1.54) is 7.11 Å². The highest BCUT2D eigenvalue weighted by Crippen LogP contribution is 2.38. The summed E-state index contributed by atoms with van der Waals surface area (Å²) in [6.07, 6.45) is 1.56. The fourth-order valence-electron chi connectivity index (χ4n) is 3.06. The number of fused-ring (bicyclic) bond motifs is 3. The van der Waals surface area contributed by atoms with Crippen molar-refractivity contribution in [2.24, 2.45) is 0 Å². The SMILES string of the molecule is COC(=O)C[C@@H]1Oc2ccc(C)cc2-n2cc(-c3ccc(Cl)cc3)nc21. The summed E-state index contributed by atoms with van der Waals surface area (Å²) in [6.45, 7) is 2.03. The molecule has 6 heteroatoms. The molecule has 1 aliphatic rings. The monoisotopic (exact) mass is 368 g/mol. The van der Waals surface area contributed by atoms with Crippen LogP contribution in [0.2, 0.25) is 5.02 Å². The van der Waals surface area contributed by atoms with Gasteiger partial charge >= 0.3 is 5.97 Å². The quantitative estimate of drug-likeness (QED) is 0.639. The molecule has 2 heterocycles. The summed E-state index contributed by atoms with van der Waals surface area (Å²) >= 11 is 5.98. The minimum absolute atomic E-state index is 0.0981. The first-order chi connectivity index (χ1) is 12.5. The molecule has 3 aromatic rings. The molecule has 0 bridgehead atoms. The van der Waals surface area contributed by atoms with Gasteiger partial charge in [-0.15, -0.1) is 0 Å². The predicted octanol–water partition coefficient (Wildman–Crippen LogP) is 4.50. The van der Waals surface area contributed by atoms with Crippen LogP contribution in [0.15, 0.2) is 48.7 Å². The molecular weight excluding hydrogens is 352 g/mol. The summed E-state index contributed by atoms with van der Waals surface area (Å²) in [5.74, 6) is 1.06. The Kier molecular flexibility index (Phi) is 4.17.